The highest BCUT2D eigenvalue weighted by Crippen LogP contribution is 2.30. The second kappa shape index (κ2) is 11.3. The lowest BCUT2D eigenvalue weighted by Gasteiger charge is -2.27. The number of morpholine rings is 1. The predicted octanol–water partition coefficient (Wildman–Crippen LogP) is 5.06. The number of carbonyl (C=O) groups excluding carboxylic acids is 3. The molecule has 0 saturated carbocycles. The second-order valence-electron chi connectivity index (χ2n) is 8.93. The van der Waals surface area contributed by atoms with Crippen LogP contribution >= 0.6 is 11.6 Å². The maximum absolute atomic E-state index is 13.2. The molecule has 2 aliphatic rings. The van der Waals surface area contributed by atoms with E-state index in [4.69, 9.17) is 25.5 Å². The van der Waals surface area contributed by atoms with Gasteiger partial charge in [0.05, 0.1) is 52.9 Å². The van der Waals surface area contributed by atoms with Gasteiger partial charge in [-0.3, -0.25) is 9.59 Å². The van der Waals surface area contributed by atoms with Crippen molar-refractivity contribution in [1.82, 2.24) is 4.90 Å². The number of hydrogen-bond acceptors (Lipinski definition) is 7. The smallest absolute Gasteiger partial charge is 0.338 e. The number of carbonyl (C=O) groups is 3. The lowest BCUT2D eigenvalue weighted by Crippen LogP contribution is -2.40. The molecule has 0 bridgehead atoms. The van der Waals surface area contributed by atoms with E-state index in [0.29, 0.717) is 76.5 Å². The molecule has 2 aliphatic heterocycles. The average molecular weight is 548 g/mol. The molecular formula is C29H26ClN3O6. The van der Waals surface area contributed by atoms with E-state index in [2.05, 4.69) is 5.10 Å². The largest absolute Gasteiger partial charge is 0.462 e. The summed E-state index contributed by atoms with van der Waals surface area (Å²) in [4.78, 5) is 40.1. The van der Waals surface area contributed by atoms with Crippen LogP contribution in [0.2, 0.25) is 5.02 Å². The summed E-state index contributed by atoms with van der Waals surface area (Å²) in [7, 11) is 0. The summed E-state index contributed by atoms with van der Waals surface area (Å²) in [5, 5.41) is 5.99. The van der Waals surface area contributed by atoms with Crippen molar-refractivity contribution < 1.29 is 28.3 Å². The normalized spacial score (nSPS) is 16.5. The maximum Gasteiger partial charge on any atom is 0.338 e. The highest BCUT2D eigenvalue weighted by atomic mass is 35.5. The van der Waals surface area contributed by atoms with E-state index in [1.807, 2.05) is 0 Å². The molecule has 0 atom stereocenters. The molecule has 10 heteroatoms. The minimum absolute atomic E-state index is 0.158. The van der Waals surface area contributed by atoms with Gasteiger partial charge in [-0.1, -0.05) is 17.7 Å². The Labute approximate surface area is 230 Å². The van der Waals surface area contributed by atoms with Crippen LogP contribution in [0.25, 0.3) is 17.4 Å². The number of nitrogens with zero attached hydrogens (tertiary/aromatic N) is 3. The SMILES string of the molecule is CCOC(=O)c1cccc(N2N=C(C)/C(=C/c3ccc(-c4ccc(Cl)c(C(=O)N5CCOCC5)c4)o3)C2=O)c1. The van der Waals surface area contributed by atoms with Gasteiger partial charge in [0.1, 0.15) is 11.5 Å². The van der Waals surface area contributed by atoms with Crippen LogP contribution in [0.1, 0.15) is 40.3 Å². The predicted molar refractivity (Wildman–Crippen MR) is 147 cm³/mol. The first-order chi connectivity index (χ1) is 18.9. The van der Waals surface area contributed by atoms with Gasteiger partial charge < -0.3 is 18.8 Å². The topological polar surface area (TPSA) is 102 Å². The monoisotopic (exact) mass is 547 g/mol. The van der Waals surface area contributed by atoms with E-state index in [9.17, 15) is 14.4 Å². The lowest BCUT2D eigenvalue weighted by atomic mass is 10.1. The van der Waals surface area contributed by atoms with Gasteiger partial charge >= 0.3 is 5.97 Å². The number of halogens is 1. The van der Waals surface area contributed by atoms with Crippen LogP contribution < -0.4 is 5.01 Å². The number of rotatable bonds is 6. The molecule has 0 unspecified atom stereocenters. The van der Waals surface area contributed by atoms with Crippen molar-refractivity contribution in [3.05, 3.63) is 82.1 Å². The van der Waals surface area contributed by atoms with E-state index in [1.54, 1.807) is 79.4 Å². The first-order valence-corrected chi connectivity index (χ1v) is 12.9. The van der Waals surface area contributed by atoms with Crippen molar-refractivity contribution in [3.8, 4) is 11.3 Å². The molecule has 0 radical (unpaired) electrons. The van der Waals surface area contributed by atoms with Gasteiger partial charge in [-0.25, -0.2) is 4.79 Å². The Bertz CT molecular complexity index is 1500. The zero-order valence-electron chi connectivity index (χ0n) is 21.5. The van der Waals surface area contributed by atoms with Crippen LogP contribution in [-0.4, -0.2) is 61.3 Å². The number of ether oxygens (including phenoxy) is 2. The molecule has 1 fully saturated rings. The van der Waals surface area contributed by atoms with Gasteiger partial charge in [0.15, 0.2) is 0 Å². The molecule has 9 nitrogen and oxygen atoms in total. The molecule has 2 aromatic carbocycles. The summed E-state index contributed by atoms with van der Waals surface area (Å²) in [6, 6.07) is 15.2. The second-order valence-corrected chi connectivity index (χ2v) is 9.34. The minimum Gasteiger partial charge on any atom is -0.462 e. The maximum atomic E-state index is 13.2. The molecule has 3 heterocycles. The molecule has 2 amide bonds. The summed E-state index contributed by atoms with van der Waals surface area (Å²) >= 11 is 6.36. The van der Waals surface area contributed by atoms with Crippen molar-refractivity contribution in [1.29, 1.82) is 0 Å². The first-order valence-electron chi connectivity index (χ1n) is 12.5. The molecule has 200 valence electrons. The Balaban J connectivity index is 1.37. The van der Waals surface area contributed by atoms with Gasteiger partial charge in [0.2, 0.25) is 0 Å². The van der Waals surface area contributed by atoms with Crippen molar-refractivity contribution in [2.24, 2.45) is 5.10 Å². The summed E-state index contributed by atoms with van der Waals surface area (Å²) in [5.74, 6) is -0.0110. The number of hydrogen-bond donors (Lipinski definition) is 0. The fourth-order valence-corrected chi connectivity index (χ4v) is 4.54. The van der Waals surface area contributed by atoms with Crippen molar-refractivity contribution in [2.45, 2.75) is 13.8 Å². The van der Waals surface area contributed by atoms with Gasteiger partial charge in [0.25, 0.3) is 11.8 Å². The van der Waals surface area contributed by atoms with Gasteiger partial charge in [-0.15, -0.1) is 0 Å². The third kappa shape index (κ3) is 5.50. The summed E-state index contributed by atoms with van der Waals surface area (Å²) in [5.41, 5.74) is 2.72. The summed E-state index contributed by atoms with van der Waals surface area (Å²) < 4.78 is 16.4. The Hall–Kier alpha value is -4.21. The molecule has 0 spiro atoms. The van der Waals surface area contributed by atoms with E-state index in [1.165, 1.54) is 5.01 Å². The average Bonchev–Trinajstić information content (AvgIpc) is 3.54. The van der Waals surface area contributed by atoms with Gasteiger partial charge in [-0.05, 0) is 68.5 Å². The summed E-state index contributed by atoms with van der Waals surface area (Å²) in [6.07, 6.45) is 1.62. The number of benzene rings is 2. The third-order valence-corrected chi connectivity index (χ3v) is 6.69. The Kier molecular flexibility index (Phi) is 7.63. The highest BCUT2D eigenvalue weighted by Gasteiger charge is 2.30. The third-order valence-electron chi connectivity index (χ3n) is 6.36. The Morgan fingerprint density at radius 2 is 1.90 bits per heavy atom. The van der Waals surface area contributed by atoms with Crippen molar-refractivity contribution >= 4 is 46.9 Å². The standard InChI is InChI=1S/C29H26ClN3O6/c1-3-38-29(36)20-5-4-6-21(15-20)33-28(35)23(18(2)31-33)17-22-8-10-26(39-22)19-7-9-25(30)24(16-19)27(34)32-11-13-37-14-12-32/h4-10,15-17H,3,11-14H2,1-2H3/b23-17-. The van der Waals surface area contributed by atoms with E-state index in [0.717, 1.165) is 0 Å². The van der Waals surface area contributed by atoms with Crippen molar-refractivity contribution in [3.63, 3.8) is 0 Å². The van der Waals surface area contributed by atoms with Gasteiger partial charge in [0, 0.05) is 18.7 Å². The first kappa shape index (κ1) is 26.4. The van der Waals surface area contributed by atoms with Crippen LogP contribution in [0.15, 0.2) is 69.7 Å². The van der Waals surface area contributed by atoms with E-state index >= 15 is 0 Å². The zero-order chi connectivity index (χ0) is 27.5. The number of hydrazone groups is 1. The number of furan rings is 1. The minimum atomic E-state index is -0.470. The number of amides is 2. The molecule has 0 N–H and O–H groups in total. The number of anilines is 1. The van der Waals surface area contributed by atoms with E-state index in [-0.39, 0.29) is 18.4 Å². The fraction of sp³-hybridized carbons (Fsp3) is 0.241. The van der Waals surface area contributed by atoms with E-state index < -0.39 is 5.97 Å². The molecule has 5 rings (SSSR count). The molecular weight excluding hydrogens is 522 g/mol. The quantitative estimate of drug-likeness (QED) is 0.316. The van der Waals surface area contributed by atoms with Crippen molar-refractivity contribution in [2.75, 3.05) is 37.9 Å². The molecule has 1 saturated heterocycles. The van der Waals surface area contributed by atoms with Crippen LogP contribution in [0.4, 0.5) is 5.69 Å². The van der Waals surface area contributed by atoms with Crippen LogP contribution in [0.3, 0.4) is 0 Å². The lowest BCUT2D eigenvalue weighted by molar-refractivity contribution is -0.114. The van der Waals surface area contributed by atoms with Crippen LogP contribution in [0.5, 0.6) is 0 Å². The van der Waals surface area contributed by atoms with Crippen LogP contribution in [-0.2, 0) is 14.3 Å². The Morgan fingerprint density at radius 3 is 2.67 bits per heavy atom. The Morgan fingerprint density at radius 1 is 1.10 bits per heavy atom. The molecule has 0 aliphatic carbocycles. The van der Waals surface area contributed by atoms with Crippen LogP contribution in [0, 0.1) is 0 Å². The molecule has 3 aromatic rings. The highest BCUT2D eigenvalue weighted by molar-refractivity contribution is 6.34. The van der Waals surface area contributed by atoms with Gasteiger partial charge in [-0.2, -0.15) is 10.1 Å². The zero-order valence-corrected chi connectivity index (χ0v) is 22.2. The summed E-state index contributed by atoms with van der Waals surface area (Å²) in [6.45, 7) is 5.72. The fourth-order valence-electron chi connectivity index (χ4n) is 4.35. The number of esters is 1. The molecule has 1 aromatic heterocycles. The molecule has 39 heavy (non-hydrogen) atoms.